The fraction of sp³-hybridized carbons (Fsp3) is 0.538. The molecule has 1 amide bonds. The van der Waals surface area contributed by atoms with Crippen LogP contribution in [0.5, 0.6) is 0 Å². The highest BCUT2D eigenvalue weighted by Gasteiger charge is 2.23. The molecule has 0 bridgehead atoms. The number of rotatable bonds is 7. The first-order chi connectivity index (χ1) is 9.31. The molecule has 2 N–H and O–H groups in total. The molecular formula is C13H18F2N2O3. The molecule has 5 nitrogen and oxygen atoms in total. The highest BCUT2D eigenvalue weighted by Crippen LogP contribution is 2.09. The molecule has 0 saturated heterocycles. The van der Waals surface area contributed by atoms with Crippen LogP contribution >= 0.6 is 0 Å². The van der Waals surface area contributed by atoms with E-state index in [2.05, 4.69) is 5.32 Å². The maximum absolute atomic E-state index is 12.4. The van der Waals surface area contributed by atoms with Gasteiger partial charge in [-0.05, 0) is 24.5 Å². The Hall–Kier alpha value is -1.92. The normalized spacial score (nSPS) is 12.7. The van der Waals surface area contributed by atoms with Gasteiger partial charge in [-0.1, -0.05) is 13.8 Å². The maximum atomic E-state index is 12.4. The maximum Gasteiger partial charge on any atom is 0.326 e. The fourth-order valence-corrected chi connectivity index (χ4v) is 1.85. The van der Waals surface area contributed by atoms with Crippen molar-refractivity contribution in [2.24, 2.45) is 5.92 Å². The number of hydrogen-bond donors (Lipinski definition) is 2. The Morgan fingerprint density at radius 1 is 1.40 bits per heavy atom. The number of carboxylic acids is 1. The summed E-state index contributed by atoms with van der Waals surface area (Å²) in [5, 5.41) is 11.4. The van der Waals surface area contributed by atoms with E-state index in [1.165, 1.54) is 18.3 Å². The number of carboxylic acid groups (broad SMARTS) is 1. The predicted molar refractivity (Wildman–Crippen MR) is 68.8 cm³/mol. The van der Waals surface area contributed by atoms with Crippen LogP contribution in [0.25, 0.3) is 0 Å². The van der Waals surface area contributed by atoms with E-state index in [0.717, 1.165) is 4.57 Å². The summed E-state index contributed by atoms with van der Waals surface area (Å²) in [6.07, 6.45) is -0.949. The summed E-state index contributed by atoms with van der Waals surface area (Å²) in [6.45, 7) is 3.07. The molecule has 0 spiro atoms. The van der Waals surface area contributed by atoms with E-state index in [1.54, 1.807) is 0 Å². The van der Waals surface area contributed by atoms with Crippen LogP contribution in [0.3, 0.4) is 0 Å². The zero-order valence-electron chi connectivity index (χ0n) is 11.3. The number of alkyl halides is 2. The number of carbonyl (C=O) groups excluding carboxylic acids is 1. The summed E-state index contributed by atoms with van der Waals surface area (Å²) >= 11 is 0. The van der Waals surface area contributed by atoms with Crippen LogP contribution in [0.15, 0.2) is 18.3 Å². The lowest BCUT2D eigenvalue weighted by atomic mass is 10.0. The molecule has 1 heterocycles. The van der Waals surface area contributed by atoms with Crippen molar-refractivity contribution in [1.82, 2.24) is 9.88 Å². The van der Waals surface area contributed by atoms with Crippen molar-refractivity contribution in [1.29, 1.82) is 0 Å². The zero-order chi connectivity index (χ0) is 15.3. The Bertz CT molecular complexity index is 472. The molecule has 20 heavy (non-hydrogen) atoms. The van der Waals surface area contributed by atoms with Crippen molar-refractivity contribution in [3.8, 4) is 0 Å². The number of carbonyl (C=O) groups is 2. The molecule has 0 unspecified atom stereocenters. The number of hydrogen-bond acceptors (Lipinski definition) is 2. The van der Waals surface area contributed by atoms with E-state index in [9.17, 15) is 18.4 Å². The van der Waals surface area contributed by atoms with Crippen LogP contribution in [0.2, 0.25) is 0 Å². The van der Waals surface area contributed by atoms with Crippen LogP contribution in [0.4, 0.5) is 8.78 Å². The van der Waals surface area contributed by atoms with Gasteiger partial charge in [0.15, 0.2) is 0 Å². The van der Waals surface area contributed by atoms with Gasteiger partial charge in [-0.25, -0.2) is 13.6 Å². The Balaban J connectivity index is 2.79. The van der Waals surface area contributed by atoms with Crippen molar-refractivity contribution in [3.63, 3.8) is 0 Å². The van der Waals surface area contributed by atoms with Crippen molar-refractivity contribution in [3.05, 3.63) is 24.0 Å². The third kappa shape index (κ3) is 4.64. The minimum Gasteiger partial charge on any atom is -0.480 e. The molecule has 0 aliphatic heterocycles. The highest BCUT2D eigenvalue weighted by molar-refractivity contribution is 5.95. The Morgan fingerprint density at radius 3 is 2.55 bits per heavy atom. The monoisotopic (exact) mass is 288 g/mol. The standard InChI is InChI=1S/C13H18F2N2O3/c1-8(2)6-9(13(19)20)16-12(18)10-4-3-5-17(10)7-11(14)15/h3-5,8-9,11H,6-7H2,1-2H3,(H,16,18)(H,19,20)/t9-/m0/s1. The Morgan fingerprint density at radius 2 is 2.05 bits per heavy atom. The second-order valence-corrected chi connectivity index (χ2v) is 4.93. The second kappa shape index (κ2) is 7.02. The summed E-state index contributed by atoms with van der Waals surface area (Å²) in [5.41, 5.74) is 0.0281. The predicted octanol–water partition coefficient (Wildman–Crippen LogP) is 1.98. The quantitative estimate of drug-likeness (QED) is 0.806. The van der Waals surface area contributed by atoms with Crippen molar-refractivity contribution in [2.45, 2.75) is 39.3 Å². The Labute approximate surface area is 115 Å². The van der Waals surface area contributed by atoms with Crippen molar-refractivity contribution < 1.29 is 23.5 Å². The summed E-state index contributed by atoms with van der Waals surface area (Å²) in [5.74, 6) is -1.72. The highest BCUT2D eigenvalue weighted by atomic mass is 19.3. The van der Waals surface area contributed by atoms with Gasteiger partial charge in [0.1, 0.15) is 11.7 Å². The van der Waals surface area contributed by atoms with Crippen LogP contribution in [-0.4, -0.2) is 34.0 Å². The molecule has 1 rings (SSSR count). The van der Waals surface area contributed by atoms with Gasteiger partial charge in [-0.15, -0.1) is 0 Å². The van der Waals surface area contributed by atoms with Gasteiger partial charge in [-0.2, -0.15) is 0 Å². The van der Waals surface area contributed by atoms with E-state index in [0.29, 0.717) is 0 Å². The number of aliphatic carboxylic acids is 1. The average molecular weight is 288 g/mol. The third-order valence-electron chi connectivity index (χ3n) is 2.71. The Kier molecular flexibility index (Phi) is 5.66. The first-order valence-electron chi connectivity index (χ1n) is 6.28. The molecule has 1 aromatic heterocycles. The van der Waals surface area contributed by atoms with Crippen molar-refractivity contribution in [2.75, 3.05) is 0 Å². The van der Waals surface area contributed by atoms with Gasteiger partial charge in [-0.3, -0.25) is 4.79 Å². The molecule has 0 aliphatic rings. The lowest BCUT2D eigenvalue weighted by Crippen LogP contribution is -2.42. The van der Waals surface area contributed by atoms with Crippen molar-refractivity contribution >= 4 is 11.9 Å². The van der Waals surface area contributed by atoms with E-state index < -0.39 is 30.9 Å². The average Bonchev–Trinajstić information content (AvgIpc) is 2.74. The number of aromatic nitrogens is 1. The zero-order valence-corrected chi connectivity index (χ0v) is 11.3. The van der Waals surface area contributed by atoms with Gasteiger partial charge >= 0.3 is 5.97 Å². The molecule has 0 radical (unpaired) electrons. The first kappa shape index (κ1) is 16.1. The van der Waals surface area contributed by atoms with Gasteiger partial charge in [0, 0.05) is 6.20 Å². The third-order valence-corrected chi connectivity index (χ3v) is 2.71. The molecule has 0 fully saturated rings. The smallest absolute Gasteiger partial charge is 0.326 e. The SMILES string of the molecule is CC(C)C[C@H](NC(=O)c1cccn1CC(F)F)C(=O)O. The van der Waals surface area contributed by atoms with E-state index in [4.69, 9.17) is 5.11 Å². The van der Waals surface area contributed by atoms with Crippen LogP contribution < -0.4 is 5.32 Å². The molecule has 112 valence electrons. The van der Waals surface area contributed by atoms with Gasteiger partial charge < -0.3 is 15.0 Å². The van der Waals surface area contributed by atoms with Crippen LogP contribution in [0.1, 0.15) is 30.8 Å². The molecule has 0 aromatic carbocycles. The fourth-order valence-electron chi connectivity index (χ4n) is 1.85. The molecule has 0 saturated carbocycles. The summed E-state index contributed by atoms with van der Waals surface area (Å²) in [6, 6.07) is 1.82. The largest absolute Gasteiger partial charge is 0.480 e. The van der Waals surface area contributed by atoms with Gasteiger partial charge in [0.2, 0.25) is 0 Å². The molecule has 7 heteroatoms. The molecular weight excluding hydrogens is 270 g/mol. The summed E-state index contributed by atoms with van der Waals surface area (Å²) in [4.78, 5) is 23.0. The first-order valence-corrected chi connectivity index (χ1v) is 6.28. The number of nitrogens with zero attached hydrogens (tertiary/aromatic N) is 1. The topological polar surface area (TPSA) is 71.3 Å². The lowest BCUT2D eigenvalue weighted by Gasteiger charge is -2.17. The molecule has 1 atom stereocenters. The summed E-state index contributed by atoms with van der Waals surface area (Å²) in [7, 11) is 0. The molecule has 0 aliphatic carbocycles. The minimum absolute atomic E-state index is 0.0281. The van der Waals surface area contributed by atoms with Gasteiger partial charge in [0.05, 0.1) is 6.54 Å². The van der Waals surface area contributed by atoms with E-state index >= 15 is 0 Å². The summed E-state index contributed by atoms with van der Waals surface area (Å²) < 4.78 is 25.8. The lowest BCUT2D eigenvalue weighted by molar-refractivity contribution is -0.139. The van der Waals surface area contributed by atoms with Crippen LogP contribution in [0, 0.1) is 5.92 Å². The van der Waals surface area contributed by atoms with E-state index in [1.807, 2.05) is 13.8 Å². The van der Waals surface area contributed by atoms with Gasteiger partial charge in [0.25, 0.3) is 12.3 Å². The number of amides is 1. The number of nitrogens with one attached hydrogen (secondary N) is 1. The van der Waals surface area contributed by atoms with E-state index in [-0.39, 0.29) is 18.0 Å². The van der Waals surface area contributed by atoms with Crippen LogP contribution in [-0.2, 0) is 11.3 Å². The molecule has 1 aromatic rings. The number of halogens is 2. The minimum atomic E-state index is -2.58. The second-order valence-electron chi connectivity index (χ2n) is 4.93.